The first-order chi connectivity index (χ1) is 14.6. The molecule has 158 valence electrons. The molecule has 1 aliphatic rings. The largest absolute Gasteiger partial charge is 0.445 e. The lowest BCUT2D eigenvalue weighted by Gasteiger charge is -2.30. The number of aromatic amines is 1. The number of oxazole rings is 1. The number of hydrogen-bond donors (Lipinski definition) is 1. The molecule has 1 aliphatic heterocycles. The van der Waals surface area contributed by atoms with Gasteiger partial charge in [-0.3, -0.25) is 9.89 Å². The Hall–Kier alpha value is -2.60. The minimum Gasteiger partial charge on any atom is -0.445 e. The number of carbonyl (C=O) groups excluding carboxylic acids is 1. The molecule has 2 aromatic heterocycles. The van der Waals surface area contributed by atoms with Gasteiger partial charge in [-0.1, -0.05) is 43.1 Å². The molecule has 30 heavy (non-hydrogen) atoms. The van der Waals surface area contributed by atoms with Crippen LogP contribution in [0.4, 0.5) is 0 Å². The maximum Gasteiger partial charge on any atom is 0.274 e. The van der Waals surface area contributed by atoms with E-state index in [0.29, 0.717) is 24.6 Å². The molecule has 3 aromatic rings. The second-order valence-corrected chi connectivity index (χ2v) is 8.31. The number of amides is 1. The summed E-state index contributed by atoms with van der Waals surface area (Å²) in [5.74, 6) is 1.55. The van der Waals surface area contributed by atoms with Crippen molar-refractivity contribution in [3.8, 4) is 0 Å². The van der Waals surface area contributed by atoms with Gasteiger partial charge in [-0.2, -0.15) is 5.10 Å². The number of likely N-dealkylation sites (tertiary alicyclic amines) is 1. The van der Waals surface area contributed by atoms with Crippen molar-refractivity contribution in [3.63, 3.8) is 0 Å². The van der Waals surface area contributed by atoms with E-state index < -0.39 is 0 Å². The van der Waals surface area contributed by atoms with Crippen molar-refractivity contribution >= 4 is 17.5 Å². The first-order valence-electron chi connectivity index (χ1n) is 10.7. The number of nitrogens with zero attached hydrogens (tertiary/aromatic N) is 3. The summed E-state index contributed by atoms with van der Waals surface area (Å²) in [6.07, 6.45) is 7.38. The van der Waals surface area contributed by atoms with E-state index in [0.717, 1.165) is 60.7 Å². The van der Waals surface area contributed by atoms with Gasteiger partial charge < -0.3 is 9.32 Å². The number of unbranched alkanes of at least 4 members (excludes halogenated alkanes) is 1. The number of halogens is 1. The zero-order valence-corrected chi connectivity index (χ0v) is 18.0. The Balaban J connectivity index is 1.40. The lowest BCUT2D eigenvalue weighted by atomic mass is 9.97. The monoisotopic (exact) mass is 426 g/mol. The van der Waals surface area contributed by atoms with Crippen LogP contribution in [0.2, 0.25) is 5.02 Å². The number of hydrogen-bond acceptors (Lipinski definition) is 4. The van der Waals surface area contributed by atoms with Gasteiger partial charge in [0.15, 0.2) is 5.89 Å². The Kier molecular flexibility index (Phi) is 6.53. The summed E-state index contributed by atoms with van der Waals surface area (Å²) in [5.41, 5.74) is 2.53. The fraction of sp³-hybridized carbons (Fsp3) is 0.435. The lowest BCUT2D eigenvalue weighted by Crippen LogP contribution is -2.39. The topological polar surface area (TPSA) is 75.0 Å². The first kappa shape index (κ1) is 20.7. The summed E-state index contributed by atoms with van der Waals surface area (Å²) < 4.78 is 6.03. The highest BCUT2D eigenvalue weighted by atomic mass is 35.5. The van der Waals surface area contributed by atoms with E-state index >= 15 is 0 Å². The molecule has 1 aromatic carbocycles. The molecular formula is C23H27ClN4O2. The SMILES string of the molecule is CCCCc1cc(C(=O)N2CCCC(c3ncc(Cc4ccccc4Cl)o3)C2)n[nH]1. The molecule has 1 fully saturated rings. The molecule has 0 aliphatic carbocycles. The molecular weight excluding hydrogens is 400 g/mol. The Morgan fingerprint density at radius 2 is 2.23 bits per heavy atom. The van der Waals surface area contributed by atoms with Gasteiger partial charge in [-0.25, -0.2) is 4.98 Å². The van der Waals surface area contributed by atoms with E-state index in [1.54, 1.807) is 6.20 Å². The minimum atomic E-state index is -0.0263. The van der Waals surface area contributed by atoms with Crippen molar-refractivity contribution in [1.29, 1.82) is 0 Å². The molecule has 0 bridgehead atoms. The zero-order chi connectivity index (χ0) is 20.9. The molecule has 7 heteroatoms. The minimum absolute atomic E-state index is 0.0263. The summed E-state index contributed by atoms with van der Waals surface area (Å²) in [4.78, 5) is 19.3. The van der Waals surface area contributed by atoms with Gasteiger partial charge >= 0.3 is 0 Å². The quantitative estimate of drug-likeness (QED) is 0.576. The summed E-state index contributed by atoms with van der Waals surface area (Å²) in [7, 11) is 0. The zero-order valence-electron chi connectivity index (χ0n) is 17.2. The van der Waals surface area contributed by atoms with Crippen LogP contribution in [0, 0.1) is 0 Å². The van der Waals surface area contributed by atoms with Crippen LogP contribution < -0.4 is 0 Å². The van der Waals surface area contributed by atoms with Crippen molar-refractivity contribution < 1.29 is 9.21 Å². The number of aromatic nitrogens is 3. The van der Waals surface area contributed by atoms with E-state index in [1.165, 1.54) is 0 Å². The van der Waals surface area contributed by atoms with Gasteiger partial charge in [0.1, 0.15) is 11.5 Å². The average molecular weight is 427 g/mol. The highest BCUT2D eigenvalue weighted by Gasteiger charge is 2.29. The Labute approximate surface area is 181 Å². The van der Waals surface area contributed by atoms with Crippen LogP contribution in [0.5, 0.6) is 0 Å². The second-order valence-electron chi connectivity index (χ2n) is 7.91. The highest BCUT2D eigenvalue weighted by Crippen LogP contribution is 2.28. The van der Waals surface area contributed by atoms with Crippen molar-refractivity contribution in [2.24, 2.45) is 0 Å². The summed E-state index contributed by atoms with van der Waals surface area (Å²) in [6, 6.07) is 9.63. The number of aryl methyl sites for hydroxylation is 1. The number of nitrogens with one attached hydrogen (secondary N) is 1. The van der Waals surface area contributed by atoms with Crippen molar-refractivity contribution in [2.45, 2.75) is 51.4 Å². The van der Waals surface area contributed by atoms with Crippen LogP contribution in [-0.4, -0.2) is 39.1 Å². The predicted octanol–water partition coefficient (Wildman–Crippen LogP) is 5.00. The van der Waals surface area contributed by atoms with Crippen LogP contribution in [-0.2, 0) is 12.8 Å². The molecule has 1 saturated heterocycles. The van der Waals surface area contributed by atoms with Gasteiger partial charge in [0, 0.05) is 30.2 Å². The number of carbonyl (C=O) groups is 1. The third-order valence-electron chi connectivity index (χ3n) is 5.60. The molecule has 1 amide bonds. The Bertz CT molecular complexity index is 997. The molecule has 3 heterocycles. The van der Waals surface area contributed by atoms with Crippen molar-refractivity contribution in [3.05, 3.63) is 70.2 Å². The number of rotatable bonds is 7. The van der Waals surface area contributed by atoms with Gasteiger partial charge in [-0.15, -0.1) is 0 Å². The lowest BCUT2D eigenvalue weighted by molar-refractivity contribution is 0.0692. The Morgan fingerprint density at radius 1 is 1.37 bits per heavy atom. The van der Waals surface area contributed by atoms with Crippen LogP contribution in [0.25, 0.3) is 0 Å². The van der Waals surface area contributed by atoms with E-state index in [1.807, 2.05) is 35.2 Å². The first-order valence-corrected chi connectivity index (χ1v) is 11.0. The van der Waals surface area contributed by atoms with Crippen LogP contribution in [0.1, 0.15) is 71.9 Å². The van der Waals surface area contributed by atoms with Crippen LogP contribution in [0.3, 0.4) is 0 Å². The van der Waals surface area contributed by atoms with Crippen molar-refractivity contribution in [2.75, 3.05) is 13.1 Å². The smallest absolute Gasteiger partial charge is 0.274 e. The van der Waals surface area contributed by atoms with Crippen LogP contribution >= 0.6 is 11.6 Å². The molecule has 1 atom stereocenters. The summed E-state index contributed by atoms with van der Waals surface area (Å²) in [6.45, 7) is 3.49. The average Bonchev–Trinajstić information content (AvgIpc) is 3.43. The van der Waals surface area contributed by atoms with Gasteiger partial charge in [0.25, 0.3) is 5.91 Å². The number of piperidine rings is 1. The molecule has 0 radical (unpaired) electrons. The molecule has 0 spiro atoms. The van der Waals surface area contributed by atoms with Gasteiger partial charge in [0.2, 0.25) is 0 Å². The molecule has 0 saturated carbocycles. The predicted molar refractivity (Wildman–Crippen MR) is 116 cm³/mol. The second kappa shape index (κ2) is 9.47. The van der Waals surface area contributed by atoms with Gasteiger partial charge in [-0.05, 0) is 43.4 Å². The molecule has 4 rings (SSSR count). The number of H-pyrrole nitrogens is 1. The molecule has 6 nitrogen and oxygen atoms in total. The fourth-order valence-corrected chi connectivity index (χ4v) is 4.12. The van der Waals surface area contributed by atoms with Crippen molar-refractivity contribution in [1.82, 2.24) is 20.1 Å². The highest BCUT2D eigenvalue weighted by molar-refractivity contribution is 6.31. The standard InChI is InChI=1S/C23H27ClN4O2/c1-2-3-9-18-13-21(27-26-18)23(29)28-11-6-8-17(15-28)22-25-14-19(30-22)12-16-7-4-5-10-20(16)24/h4-5,7,10,13-14,17H,2-3,6,8-9,11-12,15H2,1H3,(H,26,27). The fourth-order valence-electron chi connectivity index (χ4n) is 3.91. The molecule has 1 N–H and O–H groups in total. The van der Waals surface area contributed by atoms with E-state index in [4.69, 9.17) is 16.0 Å². The third-order valence-corrected chi connectivity index (χ3v) is 5.97. The maximum absolute atomic E-state index is 12.9. The van der Waals surface area contributed by atoms with Gasteiger partial charge in [0.05, 0.1) is 12.1 Å². The summed E-state index contributed by atoms with van der Waals surface area (Å²) in [5, 5.41) is 7.95. The van der Waals surface area contributed by atoms with E-state index in [2.05, 4.69) is 22.1 Å². The van der Waals surface area contributed by atoms with Crippen LogP contribution in [0.15, 0.2) is 40.9 Å². The third kappa shape index (κ3) is 4.75. The normalized spacial score (nSPS) is 16.7. The molecule has 1 unspecified atom stereocenters. The Morgan fingerprint density at radius 3 is 3.07 bits per heavy atom. The summed E-state index contributed by atoms with van der Waals surface area (Å²) >= 11 is 6.26. The van der Waals surface area contributed by atoms with E-state index in [9.17, 15) is 4.79 Å². The van der Waals surface area contributed by atoms with E-state index in [-0.39, 0.29) is 11.8 Å². The number of benzene rings is 1. The maximum atomic E-state index is 12.9.